The molecule has 1 saturated heterocycles. The molecule has 4 nitrogen and oxygen atoms in total. The molecule has 2 N–H and O–H groups in total. The van der Waals surface area contributed by atoms with Gasteiger partial charge in [0.25, 0.3) is 5.91 Å². The first-order chi connectivity index (χ1) is 9.61. The van der Waals surface area contributed by atoms with Gasteiger partial charge < -0.3 is 15.4 Å². The summed E-state index contributed by atoms with van der Waals surface area (Å²) in [5.74, 6) is 0.288. The van der Waals surface area contributed by atoms with Gasteiger partial charge in [0.1, 0.15) is 18.2 Å². The summed E-state index contributed by atoms with van der Waals surface area (Å²) in [7, 11) is 0. The highest BCUT2D eigenvalue weighted by atomic mass is 35.5. The Bertz CT molecular complexity index is 485. The average Bonchev–Trinajstić information content (AvgIpc) is 2.45. The smallest absolute Gasteiger partial charge is 0.257 e. The molecule has 1 heterocycles. The molecule has 1 aromatic carbocycles. The van der Waals surface area contributed by atoms with Crippen LogP contribution in [-0.4, -0.2) is 37.0 Å². The zero-order valence-corrected chi connectivity index (χ0v) is 13.0. The molecule has 0 spiro atoms. The normalized spacial score (nSPS) is 18.0. The monoisotopic (exact) mass is 316 g/mol. The van der Waals surface area contributed by atoms with Crippen molar-refractivity contribution in [2.75, 3.05) is 26.2 Å². The van der Waals surface area contributed by atoms with E-state index in [2.05, 4.69) is 6.92 Å². The molecule has 6 heteroatoms. The summed E-state index contributed by atoms with van der Waals surface area (Å²) < 4.78 is 18.9. The van der Waals surface area contributed by atoms with Crippen LogP contribution in [0, 0.1) is 11.7 Å². The van der Waals surface area contributed by atoms with E-state index in [0.29, 0.717) is 31.4 Å². The Kier molecular flexibility index (Phi) is 6.92. The number of likely N-dealkylation sites (tertiary alicyclic amines) is 1. The van der Waals surface area contributed by atoms with Crippen LogP contribution in [0.15, 0.2) is 18.2 Å². The number of nitrogens with zero attached hydrogens (tertiary/aromatic N) is 1. The average molecular weight is 317 g/mol. The van der Waals surface area contributed by atoms with E-state index in [1.807, 2.05) is 0 Å². The minimum absolute atomic E-state index is 0. The summed E-state index contributed by atoms with van der Waals surface area (Å²) in [5.41, 5.74) is 5.68. The molecule has 1 aromatic rings. The van der Waals surface area contributed by atoms with E-state index >= 15 is 0 Å². The number of hydrogen-bond acceptors (Lipinski definition) is 3. The van der Waals surface area contributed by atoms with E-state index in [4.69, 9.17) is 10.5 Å². The quantitative estimate of drug-likeness (QED) is 0.928. The molecule has 0 saturated carbocycles. The Morgan fingerprint density at radius 3 is 2.95 bits per heavy atom. The lowest BCUT2D eigenvalue weighted by atomic mass is 9.99. The predicted molar refractivity (Wildman–Crippen MR) is 82.5 cm³/mol. The SMILES string of the molecule is CC1CCCN(C(=O)c2cc(F)ccc2OCCN)C1.Cl. The van der Waals surface area contributed by atoms with E-state index in [9.17, 15) is 9.18 Å². The van der Waals surface area contributed by atoms with Gasteiger partial charge in [0, 0.05) is 19.6 Å². The van der Waals surface area contributed by atoms with E-state index in [1.165, 1.54) is 18.2 Å². The van der Waals surface area contributed by atoms with Crippen molar-refractivity contribution in [2.24, 2.45) is 11.7 Å². The van der Waals surface area contributed by atoms with E-state index in [1.54, 1.807) is 4.90 Å². The predicted octanol–water partition coefficient (Wildman–Crippen LogP) is 2.46. The van der Waals surface area contributed by atoms with Crippen LogP contribution in [0.25, 0.3) is 0 Å². The Hall–Kier alpha value is -1.33. The minimum atomic E-state index is -0.432. The molecule has 1 unspecified atom stereocenters. The lowest BCUT2D eigenvalue weighted by molar-refractivity contribution is 0.0678. The van der Waals surface area contributed by atoms with Gasteiger partial charge in [0.05, 0.1) is 5.56 Å². The van der Waals surface area contributed by atoms with Crippen molar-refractivity contribution < 1.29 is 13.9 Å². The highest BCUT2D eigenvalue weighted by Crippen LogP contribution is 2.24. The molecule has 2 rings (SSSR count). The molecular formula is C15H22ClFN2O2. The summed E-state index contributed by atoms with van der Waals surface area (Å²) in [6.45, 7) is 4.21. The van der Waals surface area contributed by atoms with Gasteiger partial charge in [-0.25, -0.2) is 4.39 Å². The number of benzene rings is 1. The van der Waals surface area contributed by atoms with Crippen LogP contribution >= 0.6 is 12.4 Å². The Balaban J connectivity index is 0.00000220. The van der Waals surface area contributed by atoms with Crippen molar-refractivity contribution in [3.05, 3.63) is 29.6 Å². The van der Waals surface area contributed by atoms with Gasteiger partial charge in [-0.1, -0.05) is 6.92 Å². The molecule has 1 amide bonds. The highest BCUT2D eigenvalue weighted by molar-refractivity contribution is 5.97. The number of halogens is 2. The topological polar surface area (TPSA) is 55.6 Å². The number of rotatable bonds is 4. The first kappa shape index (κ1) is 17.7. The number of piperidine rings is 1. The first-order valence-corrected chi connectivity index (χ1v) is 7.03. The molecule has 1 fully saturated rings. The van der Waals surface area contributed by atoms with Gasteiger partial charge in [-0.3, -0.25) is 4.79 Å². The summed E-state index contributed by atoms with van der Waals surface area (Å²) in [4.78, 5) is 14.3. The number of ether oxygens (including phenoxy) is 1. The fourth-order valence-electron chi connectivity index (χ4n) is 2.51. The Morgan fingerprint density at radius 1 is 1.52 bits per heavy atom. The Labute approximate surface area is 130 Å². The third-order valence-corrected chi connectivity index (χ3v) is 3.49. The molecule has 1 atom stereocenters. The summed E-state index contributed by atoms with van der Waals surface area (Å²) in [6, 6.07) is 4.03. The maximum atomic E-state index is 13.4. The van der Waals surface area contributed by atoms with E-state index in [0.717, 1.165) is 19.4 Å². The van der Waals surface area contributed by atoms with Crippen LogP contribution in [0.2, 0.25) is 0 Å². The Morgan fingerprint density at radius 2 is 2.29 bits per heavy atom. The zero-order chi connectivity index (χ0) is 14.5. The number of carbonyl (C=O) groups is 1. The second kappa shape index (κ2) is 8.20. The third kappa shape index (κ3) is 4.58. The molecule has 1 aliphatic heterocycles. The summed E-state index contributed by atoms with van der Waals surface area (Å²) >= 11 is 0. The molecule has 1 aliphatic rings. The van der Waals surface area contributed by atoms with Crippen molar-refractivity contribution in [2.45, 2.75) is 19.8 Å². The maximum absolute atomic E-state index is 13.4. The van der Waals surface area contributed by atoms with Crippen molar-refractivity contribution in [3.63, 3.8) is 0 Å². The van der Waals surface area contributed by atoms with Gasteiger partial charge >= 0.3 is 0 Å². The number of hydrogen-bond donors (Lipinski definition) is 1. The van der Waals surface area contributed by atoms with Crippen molar-refractivity contribution in [3.8, 4) is 5.75 Å². The van der Waals surface area contributed by atoms with Crippen molar-refractivity contribution in [1.82, 2.24) is 4.90 Å². The molecule has 0 aromatic heterocycles. The number of carbonyl (C=O) groups excluding carboxylic acids is 1. The van der Waals surface area contributed by atoms with Crippen LogP contribution in [0.3, 0.4) is 0 Å². The van der Waals surface area contributed by atoms with Crippen LogP contribution in [-0.2, 0) is 0 Å². The summed E-state index contributed by atoms with van der Waals surface area (Å²) in [5, 5.41) is 0. The summed E-state index contributed by atoms with van der Waals surface area (Å²) in [6.07, 6.45) is 2.12. The largest absolute Gasteiger partial charge is 0.491 e. The molecular weight excluding hydrogens is 295 g/mol. The third-order valence-electron chi connectivity index (χ3n) is 3.49. The van der Waals surface area contributed by atoms with Crippen LogP contribution in [0.5, 0.6) is 5.75 Å². The van der Waals surface area contributed by atoms with Gasteiger partial charge in [-0.05, 0) is 37.0 Å². The van der Waals surface area contributed by atoms with Gasteiger partial charge in [0.2, 0.25) is 0 Å². The van der Waals surface area contributed by atoms with Crippen molar-refractivity contribution in [1.29, 1.82) is 0 Å². The van der Waals surface area contributed by atoms with Crippen LogP contribution < -0.4 is 10.5 Å². The van der Waals surface area contributed by atoms with Crippen LogP contribution in [0.4, 0.5) is 4.39 Å². The molecule has 118 valence electrons. The molecule has 0 radical (unpaired) electrons. The fourth-order valence-corrected chi connectivity index (χ4v) is 2.51. The first-order valence-electron chi connectivity index (χ1n) is 7.03. The maximum Gasteiger partial charge on any atom is 0.257 e. The van der Waals surface area contributed by atoms with E-state index < -0.39 is 5.82 Å². The number of amides is 1. The van der Waals surface area contributed by atoms with Gasteiger partial charge in [-0.2, -0.15) is 0 Å². The van der Waals surface area contributed by atoms with Gasteiger partial charge in [0.15, 0.2) is 0 Å². The lowest BCUT2D eigenvalue weighted by Crippen LogP contribution is -2.39. The molecule has 21 heavy (non-hydrogen) atoms. The molecule has 0 aliphatic carbocycles. The van der Waals surface area contributed by atoms with Gasteiger partial charge in [-0.15, -0.1) is 12.4 Å². The standard InChI is InChI=1S/C15H21FN2O2.ClH/c1-11-3-2-7-18(10-11)15(19)13-9-12(16)4-5-14(13)20-8-6-17;/h4-5,9,11H,2-3,6-8,10,17H2,1H3;1H. The second-order valence-corrected chi connectivity index (χ2v) is 5.28. The van der Waals surface area contributed by atoms with Crippen LogP contribution in [0.1, 0.15) is 30.1 Å². The highest BCUT2D eigenvalue weighted by Gasteiger charge is 2.24. The second-order valence-electron chi connectivity index (χ2n) is 5.28. The van der Waals surface area contributed by atoms with Crippen molar-refractivity contribution >= 4 is 18.3 Å². The lowest BCUT2D eigenvalue weighted by Gasteiger charge is -2.31. The minimum Gasteiger partial charge on any atom is -0.491 e. The fraction of sp³-hybridized carbons (Fsp3) is 0.533. The molecule has 0 bridgehead atoms. The number of nitrogens with two attached hydrogens (primary N) is 1. The zero-order valence-electron chi connectivity index (χ0n) is 12.2. The van der Waals surface area contributed by atoms with E-state index in [-0.39, 0.29) is 23.9 Å².